The van der Waals surface area contributed by atoms with Crippen LogP contribution in [0.3, 0.4) is 0 Å². The number of halogens is 1. The van der Waals surface area contributed by atoms with Gasteiger partial charge in [0.25, 0.3) is 0 Å². The van der Waals surface area contributed by atoms with Crippen LogP contribution < -0.4 is 0 Å². The van der Waals surface area contributed by atoms with Crippen LogP contribution in [0, 0.1) is 0 Å². The molecule has 1 atom stereocenters. The second-order valence-electron chi connectivity index (χ2n) is 6.67. The maximum Gasteiger partial charge on any atom is 0.130 e. The van der Waals surface area contributed by atoms with E-state index < -0.39 is 5.67 Å². The Kier molecular flexibility index (Phi) is 4.30. The second-order valence-corrected chi connectivity index (χ2v) is 6.67. The Morgan fingerprint density at radius 2 is 1.73 bits per heavy atom. The predicted molar refractivity (Wildman–Crippen MR) is 89.4 cm³/mol. The lowest BCUT2D eigenvalue weighted by atomic mass is 9.90. The summed E-state index contributed by atoms with van der Waals surface area (Å²) >= 11 is 0. The van der Waals surface area contributed by atoms with Crippen LogP contribution in [-0.2, 0) is 12.2 Å². The van der Waals surface area contributed by atoms with E-state index in [0.29, 0.717) is 6.04 Å². The number of hydrogen-bond donors (Lipinski definition) is 0. The topological polar surface area (TPSA) is 3.24 Å². The Bertz CT molecular complexity index is 615. The zero-order valence-corrected chi connectivity index (χ0v) is 13.4. The molecule has 1 aliphatic rings. The molecule has 2 heteroatoms. The summed E-state index contributed by atoms with van der Waals surface area (Å²) in [4.78, 5) is 2.49. The summed E-state index contributed by atoms with van der Waals surface area (Å²) in [6.45, 7) is 5.33. The first-order valence-electron chi connectivity index (χ1n) is 8.12. The van der Waals surface area contributed by atoms with Gasteiger partial charge in [-0.3, -0.25) is 4.90 Å². The second kappa shape index (κ2) is 6.21. The third-order valence-electron chi connectivity index (χ3n) is 4.55. The van der Waals surface area contributed by atoms with Gasteiger partial charge in [0.05, 0.1) is 0 Å². The Morgan fingerprint density at radius 3 is 2.45 bits per heavy atom. The fourth-order valence-corrected chi connectivity index (χ4v) is 3.51. The number of benzene rings is 2. The highest BCUT2D eigenvalue weighted by Crippen LogP contribution is 2.39. The lowest BCUT2D eigenvalue weighted by Gasteiger charge is -2.29. The largest absolute Gasteiger partial charge is 0.292 e. The van der Waals surface area contributed by atoms with Crippen LogP contribution >= 0.6 is 0 Å². The molecule has 1 nitrogen and oxygen atoms in total. The van der Waals surface area contributed by atoms with Gasteiger partial charge in [0.15, 0.2) is 0 Å². The molecule has 0 saturated carbocycles. The van der Waals surface area contributed by atoms with E-state index in [1.165, 1.54) is 12.0 Å². The molecule has 1 unspecified atom stereocenters. The molecule has 0 spiro atoms. The smallest absolute Gasteiger partial charge is 0.130 e. The van der Waals surface area contributed by atoms with Crippen molar-refractivity contribution in [2.45, 2.75) is 44.9 Å². The van der Waals surface area contributed by atoms with Gasteiger partial charge in [-0.2, -0.15) is 0 Å². The van der Waals surface area contributed by atoms with E-state index in [1.807, 2.05) is 24.3 Å². The van der Waals surface area contributed by atoms with Crippen molar-refractivity contribution in [3.8, 4) is 0 Å². The van der Waals surface area contributed by atoms with Crippen molar-refractivity contribution in [1.29, 1.82) is 0 Å². The summed E-state index contributed by atoms with van der Waals surface area (Å²) in [5, 5.41) is 0. The van der Waals surface area contributed by atoms with Crippen LogP contribution in [0.25, 0.3) is 0 Å². The first-order valence-corrected chi connectivity index (χ1v) is 8.12. The van der Waals surface area contributed by atoms with E-state index in [9.17, 15) is 4.39 Å². The van der Waals surface area contributed by atoms with Gasteiger partial charge in [-0.1, -0.05) is 54.6 Å². The summed E-state index contributed by atoms with van der Waals surface area (Å²) < 4.78 is 14.6. The van der Waals surface area contributed by atoms with Crippen LogP contribution in [0.2, 0.25) is 0 Å². The fourth-order valence-electron chi connectivity index (χ4n) is 3.51. The number of hydrogen-bond acceptors (Lipinski definition) is 1. The average molecular weight is 297 g/mol. The van der Waals surface area contributed by atoms with Gasteiger partial charge < -0.3 is 0 Å². The van der Waals surface area contributed by atoms with Crippen LogP contribution in [0.15, 0.2) is 54.6 Å². The quantitative estimate of drug-likeness (QED) is 0.747. The first-order chi connectivity index (χ1) is 10.6. The van der Waals surface area contributed by atoms with E-state index in [2.05, 4.69) is 35.2 Å². The van der Waals surface area contributed by atoms with E-state index in [-0.39, 0.29) is 0 Å². The lowest BCUT2D eigenvalue weighted by Crippen LogP contribution is -2.25. The van der Waals surface area contributed by atoms with E-state index >= 15 is 0 Å². The van der Waals surface area contributed by atoms with Gasteiger partial charge in [0.2, 0.25) is 0 Å². The van der Waals surface area contributed by atoms with Gasteiger partial charge >= 0.3 is 0 Å². The van der Waals surface area contributed by atoms with Gasteiger partial charge in [-0.25, -0.2) is 4.39 Å². The molecule has 1 aliphatic heterocycles. The van der Waals surface area contributed by atoms with Crippen LogP contribution in [-0.4, -0.2) is 11.4 Å². The molecule has 0 bridgehead atoms. The predicted octanol–water partition coefficient (Wildman–Crippen LogP) is 5.23. The molecule has 0 aromatic heterocycles. The highest BCUT2D eigenvalue weighted by atomic mass is 19.1. The monoisotopic (exact) mass is 297 g/mol. The van der Waals surface area contributed by atoms with Gasteiger partial charge in [-0.05, 0) is 49.9 Å². The minimum absolute atomic E-state index is 0.325. The number of rotatable bonds is 4. The summed E-state index contributed by atoms with van der Waals surface area (Å²) in [5.74, 6) is 0. The van der Waals surface area contributed by atoms with Gasteiger partial charge in [-0.15, -0.1) is 0 Å². The highest BCUT2D eigenvalue weighted by Gasteiger charge is 2.31. The average Bonchev–Trinajstić information content (AvgIpc) is 2.95. The third kappa shape index (κ3) is 3.22. The van der Waals surface area contributed by atoms with Crippen molar-refractivity contribution >= 4 is 0 Å². The van der Waals surface area contributed by atoms with E-state index in [0.717, 1.165) is 30.6 Å². The number of likely N-dealkylation sites (tertiary alicyclic amines) is 1. The molecule has 0 amide bonds. The van der Waals surface area contributed by atoms with Crippen molar-refractivity contribution in [3.05, 3.63) is 71.3 Å². The van der Waals surface area contributed by atoms with Crippen molar-refractivity contribution < 1.29 is 4.39 Å². The number of nitrogens with zero attached hydrogens (tertiary/aromatic N) is 1. The lowest BCUT2D eigenvalue weighted by molar-refractivity contribution is 0.206. The molecule has 116 valence electrons. The maximum absolute atomic E-state index is 14.6. The SMILES string of the molecule is CC(C)(F)c1ccccc1C1CCCN1Cc1ccccc1. The summed E-state index contributed by atoms with van der Waals surface area (Å²) in [6.07, 6.45) is 2.29. The van der Waals surface area contributed by atoms with Crippen LogP contribution in [0.1, 0.15) is 49.4 Å². The summed E-state index contributed by atoms with van der Waals surface area (Å²) in [7, 11) is 0. The van der Waals surface area contributed by atoms with E-state index in [1.54, 1.807) is 13.8 Å². The molecule has 0 N–H and O–H groups in total. The molecule has 0 aliphatic carbocycles. The van der Waals surface area contributed by atoms with E-state index in [4.69, 9.17) is 0 Å². The Labute approximate surface area is 132 Å². The van der Waals surface area contributed by atoms with Crippen molar-refractivity contribution in [1.82, 2.24) is 4.90 Å². The highest BCUT2D eigenvalue weighted by molar-refractivity contribution is 5.35. The third-order valence-corrected chi connectivity index (χ3v) is 4.55. The van der Waals surface area contributed by atoms with Gasteiger partial charge in [0, 0.05) is 12.6 Å². The van der Waals surface area contributed by atoms with Crippen molar-refractivity contribution in [3.63, 3.8) is 0 Å². The first kappa shape index (κ1) is 15.2. The number of alkyl halides is 1. The molecular weight excluding hydrogens is 273 g/mol. The van der Waals surface area contributed by atoms with Crippen LogP contribution in [0.4, 0.5) is 4.39 Å². The molecule has 22 heavy (non-hydrogen) atoms. The Hall–Kier alpha value is -1.67. The molecule has 0 radical (unpaired) electrons. The molecule has 1 saturated heterocycles. The molecule has 1 heterocycles. The maximum atomic E-state index is 14.6. The molecule has 3 rings (SSSR count). The van der Waals surface area contributed by atoms with Crippen molar-refractivity contribution in [2.75, 3.05) is 6.54 Å². The standard InChI is InChI=1S/C20H24FN/c1-20(2,21)18-12-7-6-11-17(18)19-13-8-14-22(19)15-16-9-4-3-5-10-16/h3-7,9-12,19H,8,13-15H2,1-2H3. The van der Waals surface area contributed by atoms with Crippen LogP contribution in [0.5, 0.6) is 0 Å². The van der Waals surface area contributed by atoms with Crippen molar-refractivity contribution in [2.24, 2.45) is 0 Å². The minimum atomic E-state index is -1.29. The summed E-state index contributed by atoms with van der Waals surface area (Å²) in [5.41, 5.74) is 2.02. The zero-order valence-electron chi connectivity index (χ0n) is 13.4. The Morgan fingerprint density at radius 1 is 1.05 bits per heavy atom. The Balaban J connectivity index is 1.88. The summed E-state index contributed by atoms with van der Waals surface area (Å²) in [6, 6.07) is 18.9. The molecular formula is C20H24FN. The minimum Gasteiger partial charge on any atom is -0.292 e. The molecule has 2 aromatic carbocycles. The normalized spacial score (nSPS) is 19.5. The molecule has 2 aromatic rings. The zero-order chi connectivity index (χ0) is 15.6. The molecule has 1 fully saturated rings. The fraction of sp³-hybridized carbons (Fsp3) is 0.400. The van der Waals surface area contributed by atoms with Gasteiger partial charge in [0.1, 0.15) is 5.67 Å².